The number of rotatable bonds is 7. The molecule has 34 heavy (non-hydrogen) atoms. The maximum Gasteiger partial charge on any atom is 0.252 e. The lowest BCUT2D eigenvalue weighted by Gasteiger charge is -2.17. The van der Waals surface area contributed by atoms with Crippen LogP contribution in [0.25, 0.3) is 0 Å². The predicted octanol–water partition coefficient (Wildman–Crippen LogP) is 4.81. The van der Waals surface area contributed by atoms with Crippen molar-refractivity contribution in [3.63, 3.8) is 0 Å². The highest BCUT2D eigenvalue weighted by Crippen LogP contribution is 2.40. The number of aryl methyl sites for hydroxylation is 1. The van der Waals surface area contributed by atoms with Crippen LogP contribution >= 0.6 is 0 Å². The molecule has 2 aromatic heterocycles. The summed E-state index contributed by atoms with van der Waals surface area (Å²) in [5.41, 5.74) is 2.21. The summed E-state index contributed by atoms with van der Waals surface area (Å²) in [6.07, 6.45) is 0. The Morgan fingerprint density at radius 1 is 1.06 bits per heavy atom. The molecule has 2 N–H and O–H groups in total. The zero-order chi connectivity index (χ0) is 23.5. The highest BCUT2D eigenvalue weighted by atomic mass is 19.1. The summed E-state index contributed by atoms with van der Waals surface area (Å²) >= 11 is 0. The van der Waals surface area contributed by atoms with Crippen molar-refractivity contribution in [3.8, 4) is 0 Å². The number of likely N-dealkylation sites (tertiary alicyclic amines) is 1. The minimum absolute atomic E-state index is 0.00873. The molecule has 174 valence electrons. The van der Waals surface area contributed by atoms with Gasteiger partial charge in [0, 0.05) is 49.6 Å². The van der Waals surface area contributed by atoms with Crippen molar-refractivity contribution in [3.05, 3.63) is 117 Å². The average molecular weight is 459 g/mol. The van der Waals surface area contributed by atoms with Crippen LogP contribution < -0.4 is 10.9 Å². The monoisotopic (exact) mass is 458 g/mol. The molecule has 4 aromatic rings. The van der Waals surface area contributed by atoms with Gasteiger partial charge in [-0.3, -0.25) is 14.7 Å². The molecule has 1 aliphatic rings. The summed E-state index contributed by atoms with van der Waals surface area (Å²) in [5, 5.41) is 3.07. The van der Waals surface area contributed by atoms with E-state index in [9.17, 15) is 9.18 Å². The molecule has 0 radical (unpaired) electrons. The molecule has 2 atom stereocenters. The van der Waals surface area contributed by atoms with Gasteiger partial charge in [-0.15, -0.1) is 0 Å². The Hall–Kier alpha value is -3.71. The third-order valence-electron chi connectivity index (χ3n) is 6.32. The van der Waals surface area contributed by atoms with Crippen LogP contribution in [0, 0.1) is 12.7 Å². The summed E-state index contributed by atoms with van der Waals surface area (Å²) in [6, 6.07) is 22.4. The molecule has 5 rings (SSSR count). The quantitative estimate of drug-likeness (QED) is 0.416. The molecule has 0 spiro atoms. The standard InChI is InChI=1S/C27H27FN4O2/c1-18-11-12-25(34-18)22-17-32(15-19-7-3-2-4-8-19)16-21(22)24-13-26(33)31-27(30-24)29-14-20-9-5-6-10-23(20)28/h2-13,21-22H,14-17H2,1H3,(H2,29,30,31,33)/t21-,22-/m1/s1. The number of hydrogen-bond donors (Lipinski definition) is 2. The average Bonchev–Trinajstić information content (AvgIpc) is 3.45. The van der Waals surface area contributed by atoms with Gasteiger partial charge in [0.1, 0.15) is 17.3 Å². The number of H-pyrrole nitrogens is 1. The Morgan fingerprint density at radius 2 is 1.82 bits per heavy atom. The minimum Gasteiger partial charge on any atom is -0.466 e. The van der Waals surface area contributed by atoms with Crippen LogP contribution in [-0.4, -0.2) is 28.0 Å². The van der Waals surface area contributed by atoms with Crippen LogP contribution in [-0.2, 0) is 13.1 Å². The van der Waals surface area contributed by atoms with Gasteiger partial charge in [-0.25, -0.2) is 9.37 Å². The summed E-state index contributed by atoms with van der Waals surface area (Å²) in [5.74, 6) is 1.87. The second-order valence-corrected chi connectivity index (χ2v) is 8.80. The van der Waals surface area contributed by atoms with E-state index in [2.05, 4.69) is 27.3 Å². The van der Waals surface area contributed by atoms with Gasteiger partial charge in [-0.05, 0) is 30.7 Å². The number of aromatic amines is 1. The van der Waals surface area contributed by atoms with E-state index in [1.54, 1.807) is 24.3 Å². The number of furan rings is 1. The fourth-order valence-electron chi connectivity index (χ4n) is 4.67. The molecule has 6 nitrogen and oxygen atoms in total. The van der Waals surface area contributed by atoms with Crippen LogP contribution in [0.2, 0.25) is 0 Å². The Bertz CT molecular complexity index is 1320. The van der Waals surface area contributed by atoms with Crippen molar-refractivity contribution in [2.24, 2.45) is 0 Å². The van der Waals surface area contributed by atoms with Gasteiger partial charge in [0.15, 0.2) is 0 Å². The molecular formula is C27H27FN4O2. The van der Waals surface area contributed by atoms with Crippen molar-refractivity contribution >= 4 is 5.95 Å². The highest BCUT2D eigenvalue weighted by Gasteiger charge is 2.38. The Labute approximate surface area is 197 Å². The maximum atomic E-state index is 14.0. The maximum absolute atomic E-state index is 14.0. The van der Waals surface area contributed by atoms with Crippen LogP contribution in [0.1, 0.15) is 40.2 Å². The van der Waals surface area contributed by atoms with Crippen molar-refractivity contribution < 1.29 is 8.81 Å². The first-order valence-electron chi connectivity index (χ1n) is 11.5. The molecule has 3 heterocycles. The van der Waals surface area contributed by atoms with Gasteiger partial charge < -0.3 is 9.73 Å². The van der Waals surface area contributed by atoms with Crippen LogP contribution in [0.4, 0.5) is 10.3 Å². The van der Waals surface area contributed by atoms with E-state index in [1.807, 2.05) is 37.3 Å². The summed E-state index contributed by atoms with van der Waals surface area (Å²) in [4.78, 5) is 22.4. The van der Waals surface area contributed by atoms with E-state index in [-0.39, 0.29) is 29.8 Å². The number of nitrogens with zero attached hydrogens (tertiary/aromatic N) is 2. The van der Waals surface area contributed by atoms with Crippen LogP contribution in [0.15, 0.2) is 82.0 Å². The minimum atomic E-state index is -0.297. The molecule has 0 amide bonds. The van der Waals surface area contributed by atoms with Gasteiger partial charge in [-0.2, -0.15) is 0 Å². The van der Waals surface area contributed by atoms with E-state index in [4.69, 9.17) is 9.40 Å². The van der Waals surface area contributed by atoms with Gasteiger partial charge in [-0.1, -0.05) is 48.5 Å². The topological polar surface area (TPSA) is 74.2 Å². The Balaban J connectivity index is 1.41. The van der Waals surface area contributed by atoms with E-state index in [0.29, 0.717) is 17.2 Å². The van der Waals surface area contributed by atoms with Gasteiger partial charge >= 0.3 is 0 Å². The summed E-state index contributed by atoms with van der Waals surface area (Å²) in [6.45, 7) is 4.53. The number of aromatic nitrogens is 2. The fourth-order valence-corrected chi connectivity index (χ4v) is 4.67. The second kappa shape index (κ2) is 9.65. The fraction of sp³-hybridized carbons (Fsp3) is 0.259. The lowest BCUT2D eigenvalue weighted by molar-refractivity contribution is 0.319. The SMILES string of the molecule is Cc1ccc([C@@H]2CN(Cc3ccccc3)C[C@H]2c2cc(=O)[nH]c(NCc3ccccc3F)n2)o1. The molecule has 0 saturated carbocycles. The molecule has 7 heteroatoms. The molecular weight excluding hydrogens is 431 g/mol. The molecule has 1 saturated heterocycles. The number of benzene rings is 2. The second-order valence-electron chi connectivity index (χ2n) is 8.80. The molecule has 1 aliphatic heterocycles. The van der Waals surface area contributed by atoms with E-state index < -0.39 is 0 Å². The van der Waals surface area contributed by atoms with Crippen molar-refractivity contribution in [2.75, 3.05) is 18.4 Å². The van der Waals surface area contributed by atoms with Crippen molar-refractivity contribution in [1.29, 1.82) is 0 Å². The van der Waals surface area contributed by atoms with E-state index in [0.717, 1.165) is 31.2 Å². The van der Waals surface area contributed by atoms with Crippen LogP contribution in [0.5, 0.6) is 0 Å². The van der Waals surface area contributed by atoms with E-state index in [1.165, 1.54) is 11.6 Å². The number of anilines is 1. The number of hydrogen-bond acceptors (Lipinski definition) is 5. The molecule has 2 aromatic carbocycles. The van der Waals surface area contributed by atoms with Gasteiger partial charge in [0.2, 0.25) is 5.95 Å². The first-order chi connectivity index (χ1) is 16.5. The molecule has 0 aliphatic carbocycles. The molecule has 0 bridgehead atoms. The van der Waals surface area contributed by atoms with Crippen molar-refractivity contribution in [1.82, 2.24) is 14.9 Å². The lowest BCUT2D eigenvalue weighted by atomic mass is 9.90. The third kappa shape index (κ3) is 4.94. The van der Waals surface area contributed by atoms with Crippen molar-refractivity contribution in [2.45, 2.75) is 31.8 Å². The first kappa shape index (κ1) is 22.1. The number of halogens is 1. The Morgan fingerprint density at radius 3 is 2.59 bits per heavy atom. The third-order valence-corrected chi connectivity index (χ3v) is 6.32. The zero-order valence-corrected chi connectivity index (χ0v) is 19.0. The molecule has 1 fully saturated rings. The predicted molar refractivity (Wildman–Crippen MR) is 129 cm³/mol. The lowest BCUT2D eigenvalue weighted by Crippen LogP contribution is -2.21. The van der Waals surface area contributed by atoms with E-state index >= 15 is 0 Å². The Kier molecular flexibility index (Phi) is 6.27. The normalized spacial score (nSPS) is 18.3. The van der Waals surface area contributed by atoms with Crippen LogP contribution in [0.3, 0.4) is 0 Å². The highest BCUT2D eigenvalue weighted by molar-refractivity contribution is 5.32. The van der Waals surface area contributed by atoms with Gasteiger partial charge in [0.05, 0.1) is 5.69 Å². The number of nitrogens with one attached hydrogen (secondary N) is 2. The zero-order valence-electron chi connectivity index (χ0n) is 19.0. The van der Waals surface area contributed by atoms with Gasteiger partial charge in [0.25, 0.3) is 5.56 Å². The summed E-state index contributed by atoms with van der Waals surface area (Å²) < 4.78 is 20.0. The summed E-state index contributed by atoms with van der Waals surface area (Å²) in [7, 11) is 0. The molecule has 0 unspecified atom stereocenters. The largest absolute Gasteiger partial charge is 0.466 e. The smallest absolute Gasteiger partial charge is 0.252 e. The first-order valence-corrected chi connectivity index (χ1v) is 11.5.